The zero-order valence-electron chi connectivity index (χ0n) is 15.3. The lowest BCUT2D eigenvalue weighted by Crippen LogP contribution is -2.38. The zero-order valence-corrected chi connectivity index (χ0v) is 15.3. The Morgan fingerprint density at radius 3 is 2.92 bits per heavy atom. The topological polar surface area (TPSA) is 50.4 Å². The summed E-state index contributed by atoms with van der Waals surface area (Å²) in [4.78, 5) is 14.9. The van der Waals surface area contributed by atoms with E-state index in [0.29, 0.717) is 12.6 Å². The molecule has 3 aromatic rings. The van der Waals surface area contributed by atoms with Crippen molar-refractivity contribution >= 4 is 16.9 Å². The number of nitrogens with zero attached hydrogens (tertiary/aromatic N) is 2. The molecule has 2 atom stereocenters. The SMILES string of the molecule is C[C@H](NC(=O)CN1CCC[C@@H]1c1cccn1C)c1cc2ccccc2o1. The van der Waals surface area contributed by atoms with Crippen LogP contribution in [0.3, 0.4) is 0 Å². The number of benzene rings is 1. The van der Waals surface area contributed by atoms with E-state index in [1.807, 2.05) is 37.3 Å². The Bertz CT molecular complexity index is 878. The predicted octanol–water partition coefficient (Wildman–Crippen LogP) is 3.79. The second-order valence-corrected chi connectivity index (χ2v) is 7.15. The Morgan fingerprint density at radius 1 is 1.31 bits per heavy atom. The van der Waals surface area contributed by atoms with E-state index in [2.05, 4.69) is 40.2 Å². The number of furan rings is 1. The van der Waals surface area contributed by atoms with E-state index in [4.69, 9.17) is 4.42 Å². The first-order chi connectivity index (χ1) is 12.6. The maximum atomic E-state index is 12.6. The maximum Gasteiger partial charge on any atom is 0.234 e. The largest absolute Gasteiger partial charge is 0.459 e. The molecule has 1 fully saturated rings. The lowest BCUT2D eigenvalue weighted by atomic mass is 10.1. The molecule has 1 saturated heterocycles. The summed E-state index contributed by atoms with van der Waals surface area (Å²) in [6, 6.07) is 14.3. The van der Waals surface area contributed by atoms with Gasteiger partial charge in [0.25, 0.3) is 0 Å². The van der Waals surface area contributed by atoms with Crippen molar-refractivity contribution in [2.24, 2.45) is 7.05 Å². The van der Waals surface area contributed by atoms with Crippen LogP contribution in [0.15, 0.2) is 53.1 Å². The van der Waals surface area contributed by atoms with Crippen molar-refractivity contribution in [1.29, 1.82) is 0 Å². The van der Waals surface area contributed by atoms with Crippen LogP contribution in [0.5, 0.6) is 0 Å². The van der Waals surface area contributed by atoms with Crippen molar-refractivity contribution in [2.75, 3.05) is 13.1 Å². The summed E-state index contributed by atoms with van der Waals surface area (Å²) < 4.78 is 8.02. The van der Waals surface area contributed by atoms with Crippen molar-refractivity contribution in [3.8, 4) is 0 Å². The molecule has 1 aliphatic heterocycles. The molecule has 3 heterocycles. The summed E-state index contributed by atoms with van der Waals surface area (Å²) in [5.41, 5.74) is 2.13. The molecule has 2 aromatic heterocycles. The van der Waals surface area contributed by atoms with Gasteiger partial charge >= 0.3 is 0 Å². The third kappa shape index (κ3) is 3.27. The summed E-state index contributed by atoms with van der Waals surface area (Å²) >= 11 is 0. The van der Waals surface area contributed by atoms with Crippen molar-refractivity contribution in [3.63, 3.8) is 0 Å². The van der Waals surface area contributed by atoms with Gasteiger partial charge in [0, 0.05) is 24.3 Å². The third-order valence-electron chi connectivity index (χ3n) is 5.28. The van der Waals surface area contributed by atoms with E-state index in [0.717, 1.165) is 36.1 Å². The van der Waals surface area contributed by atoms with Gasteiger partial charge in [0.2, 0.25) is 5.91 Å². The molecule has 0 radical (unpaired) electrons. The highest BCUT2D eigenvalue weighted by Gasteiger charge is 2.29. The monoisotopic (exact) mass is 351 g/mol. The minimum atomic E-state index is -0.147. The predicted molar refractivity (Wildman–Crippen MR) is 102 cm³/mol. The average molecular weight is 351 g/mol. The number of para-hydroxylation sites is 1. The number of hydrogen-bond acceptors (Lipinski definition) is 3. The standard InChI is InChI=1S/C21H25N3O2/c1-15(20-13-16-7-3-4-10-19(16)26-20)22-21(25)14-24-12-6-9-18(24)17-8-5-11-23(17)2/h3-5,7-8,10-11,13,15,18H,6,9,12,14H2,1-2H3,(H,22,25)/t15-,18+/m0/s1. The van der Waals surface area contributed by atoms with E-state index in [1.165, 1.54) is 5.69 Å². The fourth-order valence-electron chi connectivity index (χ4n) is 3.93. The van der Waals surface area contributed by atoms with Crippen LogP contribution in [0.2, 0.25) is 0 Å². The van der Waals surface area contributed by atoms with Crippen molar-refractivity contribution < 1.29 is 9.21 Å². The molecule has 1 aliphatic rings. The van der Waals surface area contributed by atoms with Gasteiger partial charge in [0.1, 0.15) is 11.3 Å². The molecule has 1 N–H and O–H groups in total. The number of aryl methyl sites for hydroxylation is 1. The molecular formula is C21H25N3O2. The maximum absolute atomic E-state index is 12.6. The minimum absolute atomic E-state index is 0.0408. The van der Waals surface area contributed by atoms with Gasteiger partial charge in [0.15, 0.2) is 0 Å². The summed E-state index contributed by atoms with van der Waals surface area (Å²) in [6.45, 7) is 3.34. The Kier molecular flexibility index (Phi) is 4.55. The van der Waals surface area contributed by atoms with Crippen LogP contribution in [-0.4, -0.2) is 28.5 Å². The van der Waals surface area contributed by atoms with Crippen LogP contribution < -0.4 is 5.32 Å². The fraction of sp³-hybridized carbons (Fsp3) is 0.381. The molecule has 136 valence electrons. The van der Waals surface area contributed by atoms with Crippen molar-refractivity contribution in [3.05, 3.63) is 60.1 Å². The number of fused-ring (bicyclic) bond motifs is 1. The molecule has 0 bridgehead atoms. The fourth-order valence-corrected chi connectivity index (χ4v) is 3.93. The minimum Gasteiger partial charge on any atom is -0.459 e. The lowest BCUT2D eigenvalue weighted by molar-refractivity contribution is -0.123. The van der Waals surface area contributed by atoms with Gasteiger partial charge in [-0.05, 0) is 50.6 Å². The van der Waals surface area contributed by atoms with Gasteiger partial charge in [-0.3, -0.25) is 9.69 Å². The first-order valence-electron chi connectivity index (χ1n) is 9.25. The van der Waals surface area contributed by atoms with Crippen molar-refractivity contribution in [1.82, 2.24) is 14.8 Å². The van der Waals surface area contributed by atoms with Crippen LogP contribution in [-0.2, 0) is 11.8 Å². The van der Waals surface area contributed by atoms with E-state index in [1.54, 1.807) is 0 Å². The highest BCUT2D eigenvalue weighted by molar-refractivity contribution is 5.80. The molecule has 5 nitrogen and oxygen atoms in total. The average Bonchev–Trinajstić information content (AvgIpc) is 3.33. The van der Waals surface area contributed by atoms with Gasteiger partial charge < -0.3 is 14.3 Å². The third-order valence-corrected chi connectivity index (χ3v) is 5.28. The van der Waals surface area contributed by atoms with Crippen LogP contribution in [0, 0.1) is 0 Å². The quantitative estimate of drug-likeness (QED) is 0.761. The van der Waals surface area contributed by atoms with Gasteiger partial charge in [-0.1, -0.05) is 18.2 Å². The first kappa shape index (κ1) is 16.9. The van der Waals surface area contributed by atoms with E-state index in [-0.39, 0.29) is 11.9 Å². The van der Waals surface area contributed by atoms with Crippen LogP contribution >= 0.6 is 0 Å². The summed E-state index contributed by atoms with van der Waals surface area (Å²) in [7, 11) is 2.07. The normalized spacial score (nSPS) is 19.1. The Hall–Kier alpha value is -2.53. The van der Waals surface area contributed by atoms with E-state index in [9.17, 15) is 4.79 Å². The van der Waals surface area contributed by atoms with Crippen LogP contribution in [0.4, 0.5) is 0 Å². The number of carbonyl (C=O) groups is 1. The molecule has 0 aliphatic carbocycles. The Balaban J connectivity index is 1.40. The number of likely N-dealkylation sites (tertiary alicyclic amines) is 1. The highest BCUT2D eigenvalue weighted by Crippen LogP contribution is 2.31. The molecule has 0 spiro atoms. The second-order valence-electron chi connectivity index (χ2n) is 7.15. The first-order valence-corrected chi connectivity index (χ1v) is 9.25. The second kappa shape index (κ2) is 7.00. The summed E-state index contributed by atoms with van der Waals surface area (Å²) in [5, 5.41) is 4.15. The van der Waals surface area contributed by atoms with Crippen molar-refractivity contribution in [2.45, 2.75) is 31.8 Å². The summed E-state index contributed by atoms with van der Waals surface area (Å²) in [5.74, 6) is 0.832. The summed E-state index contributed by atoms with van der Waals surface area (Å²) in [6.07, 6.45) is 4.29. The molecule has 5 heteroatoms. The van der Waals surface area contributed by atoms with Gasteiger partial charge in [-0.25, -0.2) is 0 Å². The Labute approximate surface area is 153 Å². The molecule has 26 heavy (non-hydrogen) atoms. The molecule has 0 saturated carbocycles. The molecule has 0 unspecified atom stereocenters. The number of amides is 1. The van der Waals surface area contributed by atoms with Crippen LogP contribution in [0.1, 0.15) is 43.3 Å². The number of hydrogen-bond donors (Lipinski definition) is 1. The molecule has 1 amide bonds. The smallest absolute Gasteiger partial charge is 0.234 e. The molecular weight excluding hydrogens is 326 g/mol. The molecule has 1 aromatic carbocycles. The van der Waals surface area contributed by atoms with Crippen LogP contribution in [0.25, 0.3) is 11.0 Å². The zero-order chi connectivity index (χ0) is 18.1. The number of carbonyl (C=O) groups excluding carboxylic acids is 1. The van der Waals surface area contributed by atoms with Gasteiger partial charge in [0.05, 0.1) is 18.6 Å². The van der Waals surface area contributed by atoms with Gasteiger partial charge in [-0.15, -0.1) is 0 Å². The number of aromatic nitrogens is 1. The Morgan fingerprint density at radius 2 is 2.15 bits per heavy atom. The van der Waals surface area contributed by atoms with E-state index >= 15 is 0 Å². The number of nitrogens with one attached hydrogen (secondary N) is 1. The number of rotatable bonds is 5. The molecule has 4 rings (SSSR count). The van der Waals surface area contributed by atoms with Gasteiger partial charge in [-0.2, -0.15) is 0 Å². The highest BCUT2D eigenvalue weighted by atomic mass is 16.3. The van der Waals surface area contributed by atoms with E-state index < -0.39 is 0 Å². The lowest BCUT2D eigenvalue weighted by Gasteiger charge is -2.25.